The molecule has 140 valence electrons. The lowest BCUT2D eigenvalue weighted by Crippen LogP contribution is -2.32. The van der Waals surface area contributed by atoms with Crippen LogP contribution in [0.3, 0.4) is 0 Å². The molecule has 0 unspecified atom stereocenters. The van der Waals surface area contributed by atoms with E-state index in [-0.39, 0.29) is 0 Å². The average molecular weight is 336 g/mol. The van der Waals surface area contributed by atoms with Crippen LogP contribution in [0.25, 0.3) is 0 Å². The molecule has 0 bridgehead atoms. The molecule has 24 heavy (non-hydrogen) atoms. The van der Waals surface area contributed by atoms with Gasteiger partial charge >= 0.3 is 0 Å². The van der Waals surface area contributed by atoms with Gasteiger partial charge in [-0.05, 0) is 19.3 Å². The van der Waals surface area contributed by atoms with E-state index in [0.717, 1.165) is 0 Å². The SMILES string of the molecule is CCCCCCCCCCCCn1cc[n+](C)c1CCCCCC. The van der Waals surface area contributed by atoms with Gasteiger partial charge in [-0.15, -0.1) is 0 Å². The van der Waals surface area contributed by atoms with Gasteiger partial charge in [0.05, 0.1) is 13.6 Å². The molecular weight excluding hydrogens is 292 g/mol. The van der Waals surface area contributed by atoms with Crippen LogP contribution in [-0.2, 0) is 20.0 Å². The monoisotopic (exact) mass is 335 g/mol. The zero-order valence-corrected chi connectivity index (χ0v) is 16.9. The van der Waals surface area contributed by atoms with Crippen molar-refractivity contribution in [3.8, 4) is 0 Å². The summed E-state index contributed by atoms with van der Waals surface area (Å²) in [6.07, 6.45) is 25.3. The van der Waals surface area contributed by atoms with E-state index < -0.39 is 0 Å². The first-order chi connectivity index (χ1) is 11.8. The van der Waals surface area contributed by atoms with Crippen molar-refractivity contribution in [3.63, 3.8) is 0 Å². The predicted molar refractivity (Wildman–Crippen MR) is 105 cm³/mol. The summed E-state index contributed by atoms with van der Waals surface area (Å²) in [6.45, 7) is 5.79. The van der Waals surface area contributed by atoms with Gasteiger partial charge in [0.2, 0.25) is 0 Å². The van der Waals surface area contributed by atoms with Crippen molar-refractivity contribution in [2.24, 2.45) is 7.05 Å². The Morgan fingerprint density at radius 3 is 1.79 bits per heavy atom. The minimum Gasteiger partial charge on any atom is -0.237 e. The lowest BCUT2D eigenvalue weighted by atomic mass is 10.1. The quantitative estimate of drug-likeness (QED) is 0.246. The minimum atomic E-state index is 1.21. The molecule has 1 aromatic heterocycles. The van der Waals surface area contributed by atoms with Crippen LogP contribution < -0.4 is 4.57 Å². The van der Waals surface area contributed by atoms with Crippen molar-refractivity contribution < 1.29 is 4.57 Å². The summed E-state index contributed by atoms with van der Waals surface area (Å²) in [5.41, 5.74) is 0. The molecule has 0 radical (unpaired) electrons. The number of aryl methyl sites for hydroxylation is 2. The van der Waals surface area contributed by atoms with Gasteiger partial charge in [-0.3, -0.25) is 0 Å². The number of unbranched alkanes of at least 4 members (excludes halogenated alkanes) is 12. The fourth-order valence-electron chi connectivity index (χ4n) is 3.56. The number of hydrogen-bond acceptors (Lipinski definition) is 0. The van der Waals surface area contributed by atoms with Crippen molar-refractivity contribution in [1.29, 1.82) is 0 Å². The first kappa shape index (κ1) is 21.3. The number of imidazole rings is 1. The molecule has 0 amide bonds. The summed E-state index contributed by atoms with van der Waals surface area (Å²) in [4.78, 5) is 0. The summed E-state index contributed by atoms with van der Waals surface area (Å²) < 4.78 is 4.82. The Kier molecular flexibility index (Phi) is 12.9. The molecule has 1 aromatic rings. The van der Waals surface area contributed by atoms with Gasteiger partial charge < -0.3 is 0 Å². The summed E-state index contributed by atoms with van der Waals surface area (Å²) in [5, 5.41) is 0. The van der Waals surface area contributed by atoms with E-state index in [1.165, 1.54) is 109 Å². The molecule has 0 saturated heterocycles. The van der Waals surface area contributed by atoms with Crippen molar-refractivity contribution >= 4 is 0 Å². The Balaban J connectivity index is 2.08. The molecule has 0 N–H and O–H groups in total. The smallest absolute Gasteiger partial charge is 0.237 e. The van der Waals surface area contributed by atoms with E-state index in [4.69, 9.17) is 0 Å². The first-order valence-corrected chi connectivity index (χ1v) is 10.8. The molecule has 2 heteroatoms. The van der Waals surface area contributed by atoms with Crippen LogP contribution in [-0.4, -0.2) is 4.57 Å². The van der Waals surface area contributed by atoms with Crippen LogP contribution in [0.2, 0.25) is 0 Å². The second-order valence-corrected chi connectivity index (χ2v) is 7.51. The normalized spacial score (nSPS) is 11.3. The lowest BCUT2D eigenvalue weighted by molar-refractivity contribution is -0.678. The largest absolute Gasteiger partial charge is 0.256 e. The highest BCUT2D eigenvalue weighted by Gasteiger charge is 2.13. The summed E-state index contributed by atoms with van der Waals surface area (Å²) in [7, 11) is 2.20. The van der Waals surface area contributed by atoms with E-state index in [9.17, 15) is 0 Å². The van der Waals surface area contributed by atoms with E-state index in [1.54, 1.807) is 0 Å². The van der Waals surface area contributed by atoms with Gasteiger partial charge in [-0.1, -0.05) is 84.5 Å². The van der Waals surface area contributed by atoms with Gasteiger partial charge in [-0.25, -0.2) is 9.13 Å². The topological polar surface area (TPSA) is 8.81 Å². The predicted octanol–water partition coefficient (Wildman–Crippen LogP) is 6.36. The highest BCUT2D eigenvalue weighted by atomic mass is 15.1. The van der Waals surface area contributed by atoms with Gasteiger partial charge in [0.15, 0.2) is 0 Å². The maximum Gasteiger partial charge on any atom is 0.256 e. The fourth-order valence-corrected chi connectivity index (χ4v) is 3.56. The molecule has 0 aliphatic carbocycles. The molecule has 0 aliphatic heterocycles. The summed E-state index contributed by atoms with van der Waals surface area (Å²) in [6, 6.07) is 0. The molecule has 1 rings (SSSR count). The molecule has 0 aromatic carbocycles. The summed E-state index contributed by atoms with van der Waals surface area (Å²) in [5.74, 6) is 1.52. The van der Waals surface area contributed by atoms with Crippen molar-refractivity contribution in [2.75, 3.05) is 0 Å². The fraction of sp³-hybridized carbons (Fsp3) is 0.864. The van der Waals surface area contributed by atoms with E-state index in [2.05, 4.69) is 42.4 Å². The highest BCUT2D eigenvalue weighted by Crippen LogP contribution is 2.12. The Hall–Kier alpha value is -0.790. The van der Waals surface area contributed by atoms with Crippen LogP contribution in [0, 0.1) is 0 Å². The van der Waals surface area contributed by atoms with Gasteiger partial charge in [0.1, 0.15) is 12.4 Å². The van der Waals surface area contributed by atoms with Crippen molar-refractivity contribution in [2.45, 2.75) is 117 Å². The number of nitrogens with zero attached hydrogens (tertiary/aromatic N) is 2. The number of rotatable bonds is 16. The highest BCUT2D eigenvalue weighted by molar-refractivity contribution is 4.84. The average Bonchev–Trinajstić information content (AvgIpc) is 2.93. The molecule has 2 nitrogen and oxygen atoms in total. The zero-order chi connectivity index (χ0) is 17.5. The minimum absolute atomic E-state index is 1.21. The Labute approximate surface area is 151 Å². The molecule has 0 atom stereocenters. The Bertz CT molecular complexity index is 395. The Morgan fingerprint density at radius 2 is 1.21 bits per heavy atom. The lowest BCUT2D eigenvalue weighted by Gasteiger charge is -2.04. The third kappa shape index (κ3) is 9.49. The maximum absolute atomic E-state index is 2.50. The molecular formula is C22H43N2+. The van der Waals surface area contributed by atoms with E-state index in [1.807, 2.05) is 0 Å². The second-order valence-electron chi connectivity index (χ2n) is 7.51. The maximum atomic E-state index is 2.50. The number of aromatic nitrogens is 2. The molecule has 0 saturated carbocycles. The molecule has 1 heterocycles. The van der Waals surface area contributed by atoms with Gasteiger partial charge in [0, 0.05) is 6.42 Å². The van der Waals surface area contributed by atoms with Crippen LogP contribution >= 0.6 is 0 Å². The van der Waals surface area contributed by atoms with Crippen LogP contribution in [0.1, 0.15) is 110 Å². The Morgan fingerprint density at radius 1 is 0.708 bits per heavy atom. The van der Waals surface area contributed by atoms with Crippen molar-refractivity contribution in [1.82, 2.24) is 4.57 Å². The van der Waals surface area contributed by atoms with Gasteiger partial charge in [-0.2, -0.15) is 0 Å². The zero-order valence-electron chi connectivity index (χ0n) is 16.9. The summed E-state index contributed by atoms with van der Waals surface area (Å²) >= 11 is 0. The molecule has 0 aliphatic rings. The van der Waals surface area contributed by atoms with Crippen molar-refractivity contribution in [3.05, 3.63) is 18.2 Å². The second kappa shape index (κ2) is 14.5. The van der Waals surface area contributed by atoms with Crippen LogP contribution in [0.4, 0.5) is 0 Å². The van der Waals surface area contributed by atoms with E-state index >= 15 is 0 Å². The van der Waals surface area contributed by atoms with E-state index in [0.29, 0.717) is 0 Å². The standard InChI is InChI=1S/C22H43N2/c1-4-6-8-10-11-12-13-14-15-17-19-24-21-20-23(3)22(24)18-16-9-7-5-2/h20-21H,4-19H2,1-3H3/q+1. The third-order valence-electron chi connectivity index (χ3n) is 5.22. The molecule has 0 fully saturated rings. The van der Waals surface area contributed by atoms with Crippen LogP contribution in [0.15, 0.2) is 12.4 Å². The number of hydrogen-bond donors (Lipinski definition) is 0. The van der Waals surface area contributed by atoms with Crippen LogP contribution in [0.5, 0.6) is 0 Å². The third-order valence-corrected chi connectivity index (χ3v) is 5.22. The molecule has 0 spiro atoms. The first-order valence-electron chi connectivity index (χ1n) is 10.8. The van der Waals surface area contributed by atoms with Gasteiger partial charge in [0.25, 0.3) is 5.82 Å².